The fourth-order valence-electron chi connectivity index (χ4n) is 4.34. The summed E-state index contributed by atoms with van der Waals surface area (Å²) in [5, 5.41) is 9.61. The number of nitrogens with one attached hydrogen (secondary N) is 2. The van der Waals surface area contributed by atoms with Gasteiger partial charge >= 0.3 is 11.9 Å². The Labute approximate surface area is 262 Å². The van der Waals surface area contributed by atoms with Crippen LogP contribution in [0.2, 0.25) is 23.2 Å². The molecule has 43 heavy (non-hydrogen) atoms. The highest BCUT2D eigenvalue weighted by atomic mass is 35.5. The van der Waals surface area contributed by atoms with Gasteiger partial charge in [-0.3, -0.25) is 10.1 Å². The third kappa shape index (κ3) is 9.54. The highest BCUT2D eigenvalue weighted by Crippen LogP contribution is 2.40. The van der Waals surface area contributed by atoms with Crippen molar-refractivity contribution in [2.24, 2.45) is 5.92 Å². The summed E-state index contributed by atoms with van der Waals surface area (Å²) < 4.78 is 17.5. The molecule has 0 aliphatic heterocycles. The quantitative estimate of drug-likeness (QED) is 0.126. The van der Waals surface area contributed by atoms with Crippen molar-refractivity contribution < 1.29 is 23.5 Å². The molecule has 9 heteroatoms. The van der Waals surface area contributed by atoms with Crippen molar-refractivity contribution >= 4 is 48.3 Å². The second-order valence-corrected chi connectivity index (χ2v) is 18.7. The standard InChI is InChI=1S/C34H47ClN2O5Si/c1-22(31(38)41-33(2,3)4)30(37-28-17-16-23-18-26(32(39)40-8)15-14-24(23)20-28)36-21-29(25-12-11-13-27(35)19-25)42-43(9,10)34(5,6)7/h11-20,22,29-30,36-37H,21H2,1-10H3/t22-,29-,30?/m1/s1. The zero-order valence-electron chi connectivity index (χ0n) is 27.1. The number of rotatable bonds is 11. The Morgan fingerprint density at radius 1 is 0.930 bits per heavy atom. The first-order chi connectivity index (χ1) is 19.9. The van der Waals surface area contributed by atoms with Crippen LogP contribution in [0.15, 0.2) is 60.7 Å². The molecule has 0 heterocycles. The van der Waals surface area contributed by atoms with E-state index >= 15 is 0 Å². The second-order valence-electron chi connectivity index (χ2n) is 13.5. The molecule has 0 spiro atoms. The molecule has 0 amide bonds. The predicted octanol–water partition coefficient (Wildman–Crippen LogP) is 8.35. The maximum atomic E-state index is 13.3. The molecule has 234 valence electrons. The smallest absolute Gasteiger partial charge is 0.337 e. The lowest BCUT2D eigenvalue weighted by molar-refractivity contribution is -0.160. The number of esters is 2. The monoisotopic (exact) mass is 626 g/mol. The average molecular weight is 627 g/mol. The third-order valence-corrected chi connectivity index (χ3v) is 12.6. The number of hydrogen-bond donors (Lipinski definition) is 2. The maximum Gasteiger partial charge on any atom is 0.337 e. The van der Waals surface area contributed by atoms with Crippen molar-refractivity contribution in [1.82, 2.24) is 5.32 Å². The first-order valence-corrected chi connectivity index (χ1v) is 18.0. The van der Waals surface area contributed by atoms with Gasteiger partial charge in [-0.25, -0.2) is 4.79 Å². The minimum atomic E-state index is -2.17. The van der Waals surface area contributed by atoms with Crippen molar-refractivity contribution in [2.75, 3.05) is 19.0 Å². The second kappa shape index (κ2) is 13.8. The van der Waals surface area contributed by atoms with E-state index in [-0.39, 0.29) is 23.1 Å². The van der Waals surface area contributed by atoms with Gasteiger partial charge in [0, 0.05) is 17.3 Å². The largest absolute Gasteiger partial charge is 0.465 e. The zero-order chi connectivity index (χ0) is 32.2. The number of anilines is 1. The van der Waals surface area contributed by atoms with Crippen LogP contribution in [0.4, 0.5) is 5.69 Å². The summed E-state index contributed by atoms with van der Waals surface area (Å²) in [5.74, 6) is -1.23. The number of carbonyl (C=O) groups is 2. The van der Waals surface area contributed by atoms with Gasteiger partial charge in [0.1, 0.15) is 5.60 Å². The van der Waals surface area contributed by atoms with E-state index in [0.29, 0.717) is 17.1 Å². The van der Waals surface area contributed by atoms with Crippen molar-refractivity contribution in [3.8, 4) is 0 Å². The number of fused-ring (bicyclic) bond motifs is 1. The molecule has 1 unspecified atom stereocenters. The topological polar surface area (TPSA) is 85.9 Å². The van der Waals surface area contributed by atoms with Gasteiger partial charge in [-0.15, -0.1) is 0 Å². The summed E-state index contributed by atoms with van der Waals surface area (Å²) >= 11 is 6.39. The molecule has 0 aliphatic carbocycles. The summed E-state index contributed by atoms with van der Waals surface area (Å²) in [6.45, 7) is 19.0. The van der Waals surface area contributed by atoms with Gasteiger partial charge in [-0.1, -0.05) is 56.6 Å². The number of ether oxygens (including phenoxy) is 2. The Hall–Kier alpha value is -2.91. The highest BCUT2D eigenvalue weighted by molar-refractivity contribution is 6.74. The lowest BCUT2D eigenvalue weighted by Gasteiger charge is -2.40. The lowest BCUT2D eigenvalue weighted by atomic mass is 10.0. The minimum Gasteiger partial charge on any atom is -0.465 e. The van der Waals surface area contributed by atoms with Crippen LogP contribution >= 0.6 is 11.6 Å². The van der Waals surface area contributed by atoms with Crippen LogP contribution < -0.4 is 10.6 Å². The molecule has 0 saturated heterocycles. The van der Waals surface area contributed by atoms with Gasteiger partial charge in [0.2, 0.25) is 0 Å². The van der Waals surface area contributed by atoms with Crippen LogP contribution in [-0.4, -0.2) is 45.7 Å². The Morgan fingerprint density at radius 3 is 2.19 bits per heavy atom. The van der Waals surface area contributed by atoms with E-state index in [9.17, 15) is 9.59 Å². The van der Waals surface area contributed by atoms with Crippen molar-refractivity contribution in [3.63, 3.8) is 0 Å². The maximum absolute atomic E-state index is 13.3. The van der Waals surface area contributed by atoms with E-state index in [1.54, 1.807) is 12.1 Å². The van der Waals surface area contributed by atoms with Gasteiger partial charge in [0.05, 0.1) is 30.9 Å². The predicted molar refractivity (Wildman–Crippen MR) is 178 cm³/mol. The molecule has 0 aliphatic rings. The summed E-state index contributed by atoms with van der Waals surface area (Å²) in [7, 11) is -0.801. The Kier molecular flexibility index (Phi) is 11.1. The first-order valence-electron chi connectivity index (χ1n) is 14.7. The van der Waals surface area contributed by atoms with E-state index < -0.39 is 26.0 Å². The summed E-state index contributed by atoms with van der Waals surface area (Å²) in [6, 6.07) is 19.0. The summed E-state index contributed by atoms with van der Waals surface area (Å²) in [5.41, 5.74) is 1.66. The molecule has 0 aromatic heterocycles. The SMILES string of the molecule is COC(=O)c1ccc2cc(NC(NC[C@@H](O[Si](C)(C)C(C)(C)C)c3cccc(Cl)c3)[C@@H](C)C(=O)OC(C)(C)C)ccc2c1. The summed E-state index contributed by atoms with van der Waals surface area (Å²) in [4.78, 5) is 25.3. The van der Waals surface area contributed by atoms with Crippen LogP contribution in [0.5, 0.6) is 0 Å². The zero-order valence-corrected chi connectivity index (χ0v) is 28.9. The van der Waals surface area contributed by atoms with E-state index in [0.717, 1.165) is 22.0 Å². The molecule has 0 saturated carbocycles. The lowest BCUT2D eigenvalue weighted by Crippen LogP contribution is -2.49. The van der Waals surface area contributed by atoms with E-state index in [1.165, 1.54) is 7.11 Å². The van der Waals surface area contributed by atoms with Gasteiger partial charge in [0.25, 0.3) is 0 Å². The molecular weight excluding hydrogens is 580 g/mol. The third-order valence-electron chi connectivity index (χ3n) is 7.85. The average Bonchev–Trinajstić information content (AvgIpc) is 2.91. The molecule has 3 aromatic carbocycles. The van der Waals surface area contributed by atoms with Crippen LogP contribution in [0.1, 0.15) is 70.5 Å². The van der Waals surface area contributed by atoms with Crippen LogP contribution in [-0.2, 0) is 18.7 Å². The highest BCUT2D eigenvalue weighted by Gasteiger charge is 2.40. The Morgan fingerprint density at radius 2 is 1.58 bits per heavy atom. The molecule has 0 bridgehead atoms. The minimum absolute atomic E-state index is 0.00408. The van der Waals surface area contributed by atoms with Gasteiger partial charge in [-0.2, -0.15) is 0 Å². The van der Waals surface area contributed by atoms with Gasteiger partial charge < -0.3 is 19.2 Å². The number of carbonyl (C=O) groups excluding carboxylic acids is 2. The van der Waals surface area contributed by atoms with Crippen molar-refractivity contribution in [2.45, 2.75) is 84.5 Å². The molecule has 3 rings (SSSR count). The number of methoxy groups -OCH3 is 1. The first kappa shape index (κ1) is 34.6. The van der Waals surface area contributed by atoms with E-state index in [1.807, 2.05) is 76.2 Å². The van der Waals surface area contributed by atoms with Crippen molar-refractivity contribution in [1.29, 1.82) is 0 Å². The fraction of sp³-hybridized carbons (Fsp3) is 0.471. The van der Waals surface area contributed by atoms with Crippen molar-refractivity contribution in [3.05, 3.63) is 76.8 Å². The van der Waals surface area contributed by atoms with Gasteiger partial charge in [-0.05, 0) is 98.6 Å². The Balaban J connectivity index is 1.94. The van der Waals surface area contributed by atoms with Crippen LogP contribution in [0.25, 0.3) is 10.8 Å². The number of halogens is 1. The summed E-state index contributed by atoms with van der Waals surface area (Å²) in [6.07, 6.45) is -0.769. The van der Waals surface area contributed by atoms with Crippen LogP contribution in [0, 0.1) is 5.92 Å². The normalized spacial score (nSPS) is 14.6. The van der Waals surface area contributed by atoms with E-state index in [4.69, 9.17) is 25.5 Å². The molecule has 0 fully saturated rings. The van der Waals surface area contributed by atoms with Crippen LogP contribution in [0.3, 0.4) is 0 Å². The number of benzene rings is 3. The van der Waals surface area contributed by atoms with Gasteiger partial charge in [0.15, 0.2) is 8.32 Å². The molecule has 2 N–H and O–H groups in total. The molecule has 3 atom stereocenters. The van der Waals surface area contributed by atoms with E-state index in [2.05, 4.69) is 44.5 Å². The molecule has 3 aromatic rings. The fourth-order valence-corrected chi connectivity index (χ4v) is 5.83. The Bertz CT molecular complexity index is 1430. The molecule has 7 nitrogen and oxygen atoms in total. The molecular formula is C34H47ClN2O5Si. The molecule has 0 radical (unpaired) electrons. The number of hydrogen-bond acceptors (Lipinski definition) is 7.